The first kappa shape index (κ1) is 16.9. The predicted molar refractivity (Wildman–Crippen MR) is 88.3 cm³/mol. The second-order valence-corrected chi connectivity index (χ2v) is 7.21. The van der Waals surface area contributed by atoms with Gasteiger partial charge in [0, 0.05) is 6.07 Å². The van der Waals surface area contributed by atoms with Crippen LogP contribution in [0.4, 0.5) is 0 Å². The predicted octanol–water partition coefficient (Wildman–Crippen LogP) is 5.13. The van der Waals surface area contributed by atoms with Crippen LogP contribution in [0.2, 0.25) is 0 Å². The Kier molecular flexibility index (Phi) is 5.15. The van der Waals surface area contributed by atoms with Crippen molar-refractivity contribution >= 4 is 5.97 Å². The number of rotatable bonds is 5. The van der Waals surface area contributed by atoms with E-state index in [1.54, 1.807) is 6.07 Å². The average molecular weight is 304 g/mol. The van der Waals surface area contributed by atoms with Crippen LogP contribution in [-0.2, 0) is 4.79 Å². The van der Waals surface area contributed by atoms with Gasteiger partial charge in [0.1, 0.15) is 17.1 Å². The summed E-state index contributed by atoms with van der Waals surface area (Å²) in [7, 11) is 0. The lowest BCUT2D eigenvalue weighted by atomic mass is 9.86. The van der Waals surface area contributed by atoms with E-state index in [9.17, 15) is 4.79 Å². The lowest BCUT2D eigenvalue weighted by Crippen LogP contribution is -2.34. The maximum Gasteiger partial charge on any atom is 0.316 e. The molecule has 0 spiro atoms. The highest BCUT2D eigenvalue weighted by Gasteiger charge is 2.30. The van der Waals surface area contributed by atoms with Crippen molar-refractivity contribution in [3.8, 4) is 11.5 Å². The van der Waals surface area contributed by atoms with Crippen molar-refractivity contribution in [1.29, 1.82) is 0 Å². The fourth-order valence-corrected chi connectivity index (χ4v) is 2.68. The summed E-state index contributed by atoms with van der Waals surface area (Å²) >= 11 is 0. The second kappa shape index (κ2) is 6.72. The van der Waals surface area contributed by atoms with Crippen LogP contribution in [0.15, 0.2) is 24.3 Å². The van der Waals surface area contributed by atoms with Gasteiger partial charge in [-0.25, -0.2) is 0 Å². The summed E-state index contributed by atoms with van der Waals surface area (Å²) in [6.07, 6.45) is 6.65. The Labute approximate surface area is 134 Å². The summed E-state index contributed by atoms with van der Waals surface area (Å²) in [6.45, 7) is 7.97. The van der Waals surface area contributed by atoms with Gasteiger partial charge in [-0.2, -0.15) is 0 Å². The van der Waals surface area contributed by atoms with Crippen molar-refractivity contribution in [2.45, 2.75) is 71.8 Å². The van der Waals surface area contributed by atoms with Crippen LogP contribution in [0, 0.1) is 5.41 Å². The summed E-state index contributed by atoms with van der Waals surface area (Å²) < 4.78 is 11.7. The molecule has 22 heavy (non-hydrogen) atoms. The molecule has 1 aromatic rings. The Hall–Kier alpha value is -1.51. The number of carbonyl (C=O) groups is 1. The topological polar surface area (TPSA) is 35.5 Å². The lowest BCUT2D eigenvalue weighted by Gasteiger charge is -2.34. The zero-order chi connectivity index (χ0) is 16.2. The van der Waals surface area contributed by atoms with Gasteiger partial charge in [0.05, 0.1) is 5.41 Å². The number of ether oxygens (including phenoxy) is 2. The number of esters is 1. The van der Waals surface area contributed by atoms with Crippen molar-refractivity contribution in [3.63, 3.8) is 0 Å². The molecule has 1 aliphatic rings. The summed E-state index contributed by atoms with van der Waals surface area (Å²) in [4.78, 5) is 12.2. The second-order valence-electron chi connectivity index (χ2n) is 7.21. The molecule has 0 heterocycles. The van der Waals surface area contributed by atoms with Gasteiger partial charge >= 0.3 is 5.97 Å². The van der Waals surface area contributed by atoms with Gasteiger partial charge in [-0.1, -0.05) is 19.4 Å². The number of carbonyl (C=O) groups excluding carboxylic acids is 1. The highest BCUT2D eigenvalue weighted by Crippen LogP contribution is 2.34. The summed E-state index contributed by atoms with van der Waals surface area (Å²) in [5.41, 5.74) is -0.560. The van der Waals surface area contributed by atoms with Crippen LogP contribution >= 0.6 is 0 Å². The minimum absolute atomic E-state index is 0.0937. The van der Waals surface area contributed by atoms with E-state index in [0.717, 1.165) is 25.0 Å². The van der Waals surface area contributed by atoms with Gasteiger partial charge in [-0.3, -0.25) is 4.79 Å². The van der Waals surface area contributed by atoms with Crippen LogP contribution < -0.4 is 9.47 Å². The first-order valence-corrected chi connectivity index (χ1v) is 8.36. The zero-order valence-corrected chi connectivity index (χ0v) is 14.3. The van der Waals surface area contributed by atoms with E-state index >= 15 is 0 Å². The molecule has 2 rings (SSSR count). The molecule has 0 N–H and O–H groups in total. The summed E-state index contributed by atoms with van der Waals surface area (Å²) in [6, 6.07) is 7.44. The van der Waals surface area contributed by atoms with Gasteiger partial charge in [-0.05, 0) is 65.0 Å². The average Bonchev–Trinajstić information content (AvgIpc) is 2.47. The molecule has 3 nitrogen and oxygen atoms in total. The number of hydrogen-bond donors (Lipinski definition) is 0. The molecule has 0 unspecified atom stereocenters. The minimum atomic E-state index is -0.466. The van der Waals surface area contributed by atoms with Crippen molar-refractivity contribution in [3.05, 3.63) is 24.3 Å². The van der Waals surface area contributed by atoms with E-state index < -0.39 is 5.41 Å². The highest BCUT2D eigenvalue weighted by molar-refractivity contribution is 5.78. The van der Waals surface area contributed by atoms with Crippen LogP contribution in [-0.4, -0.2) is 11.6 Å². The number of benzene rings is 1. The van der Waals surface area contributed by atoms with Crippen molar-refractivity contribution in [2.75, 3.05) is 0 Å². The summed E-state index contributed by atoms with van der Waals surface area (Å²) in [5, 5.41) is 0. The van der Waals surface area contributed by atoms with E-state index in [1.165, 1.54) is 19.3 Å². The molecule has 0 aromatic heterocycles. The maximum atomic E-state index is 12.2. The molecule has 0 amide bonds. The van der Waals surface area contributed by atoms with Gasteiger partial charge in [0.2, 0.25) is 0 Å². The molecule has 1 aromatic carbocycles. The quantitative estimate of drug-likeness (QED) is 0.559. The third-order valence-corrected chi connectivity index (χ3v) is 4.73. The van der Waals surface area contributed by atoms with Crippen LogP contribution in [0.3, 0.4) is 0 Å². The van der Waals surface area contributed by atoms with Crippen molar-refractivity contribution in [2.24, 2.45) is 5.41 Å². The third kappa shape index (κ3) is 4.25. The van der Waals surface area contributed by atoms with E-state index in [0.29, 0.717) is 5.75 Å². The van der Waals surface area contributed by atoms with Crippen LogP contribution in [0.5, 0.6) is 11.5 Å². The van der Waals surface area contributed by atoms with E-state index in [2.05, 4.69) is 6.92 Å². The SMILES string of the molecule is CCC(C)(C)C(=O)Oc1cccc(OC2(C)CCCCC2)c1. The van der Waals surface area contributed by atoms with Crippen LogP contribution in [0.1, 0.15) is 66.2 Å². The third-order valence-electron chi connectivity index (χ3n) is 4.73. The molecular formula is C19H28O3. The van der Waals surface area contributed by atoms with Gasteiger partial charge in [-0.15, -0.1) is 0 Å². The molecule has 0 aliphatic heterocycles. The highest BCUT2D eigenvalue weighted by atomic mass is 16.5. The first-order valence-electron chi connectivity index (χ1n) is 8.36. The molecule has 0 bridgehead atoms. The van der Waals surface area contributed by atoms with Gasteiger partial charge in [0.25, 0.3) is 0 Å². The molecule has 1 aliphatic carbocycles. The Morgan fingerprint density at radius 2 is 1.82 bits per heavy atom. The van der Waals surface area contributed by atoms with Gasteiger partial charge < -0.3 is 9.47 Å². The van der Waals surface area contributed by atoms with Crippen molar-refractivity contribution < 1.29 is 14.3 Å². The van der Waals surface area contributed by atoms with E-state index in [4.69, 9.17) is 9.47 Å². The maximum absolute atomic E-state index is 12.2. The molecule has 1 saturated carbocycles. The Balaban J connectivity index is 2.05. The summed E-state index contributed by atoms with van der Waals surface area (Å²) in [5.74, 6) is 1.14. The van der Waals surface area contributed by atoms with Gasteiger partial charge in [0.15, 0.2) is 0 Å². The first-order chi connectivity index (χ1) is 10.3. The Morgan fingerprint density at radius 3 is 2.45 bits per heavy atom. The zero-order valence-electron chi connectivity index (χ0n) is 14.3. The van der Waals surface area contributed by atoms with Crippen LogP contribution in [0.25, 0.3) is 0 Å². The Morgan fingerprint density at radius 1 is 1.18 bits per heavy atom. The molecule has 3 heteroatoms. The van der Waals surface area contributed by atoms with Crippen molar-refractivity contribution in [1.82, 2.24) is 0 Å². The fourth-order valence-electron chi connectivity index (χ4n) is 2.68. The van der Waals surface area contributed by atoms with E-state index in [1.807, 2.05) is 39.0 Å². The normalized spacial score (nSPS) is 17.8. The largest absolute Gasteiger partial charge is 0.487 e. The Bertz CT molecular complexity index is 513. The molecule has 1 fully saturated rings. The molecule has 122 valence electrons. The molecule has 0 radical (unpaired) electrons. The lowest BCUT2D eigenvalue weighted by molar-refractivity contribution is -0.144. The standard InChI is InChI=1S/C19H28O3/c1-5-18(2,3)17(20)21-15-10-9-11-16(14-15)22-19(4)12-7-6-8-13-19/h9-11,14H,5-8,12-13H2,1-4H3. The van der Waals surface area contributed by atoms with E-state index in [-0.39, 0.29) is 11.6 Å². The fraction of sp³-hybridized carbons (Fsp3) is 0.632. The molecule has 0 saturated heterocycles. The smallest absolute Gasteiger partial charge is 0.316 e. The molecular weight excluding hydrogens is 276 g/mol. The number of hydrogen-bond acceptors (Lipinski definition) is 3. The molecule has 0 atom stereocenters. The minimum Gasteiger partial charge on any atom is -0.487 e. The monoisotopic (exact) mass is 304 g/mol.